The summed E-state index contributed by atoms with van der Waals surface area (Å²) in [7, 11) is 0. The highest BCUT2D eigenvalue weighted by Gasteiger charge is 2.40. The Hall–Kier alpha value is -2.88. The van der Waals surface area contributed by atoms with Crippen molar-refractivity contribution >= 4 is 23.1 Å². The molecular formula is C18H20FN7OS. The molecule has 8 nitrogen and oxygen atoms in total. The highest BCUT2D eigenvalue weighted by atomic mass is 32.1. The summed E-state index contributed by atoms with van der Waals surface area (Å²) in [5.74, 6) is -0.262. The van der Waals surface area contributed by atoms with Crippen LogP contribution in [0.2, 0.25) is 0 Å². The number of nitrogens with two attached hydrogens (primary N) is 1. The summed E-state index contributed by atoms with van der Waals surface area (Å²) in [6.07, 6.45) is 0.958. The van der Waals surface area contributed by atoms with Crippen molar-refractivity contribution in [2.75, 3.05) is 17.7 Å². The maximum atomic E-state index is 14.7. The molecule has 0 amide bonds. The fourth-order valence-corrected chi connectivity index (χ4v) is 3.62. The smallest absolute Gasteiger partial charge is 0.257 e. The highest BCUT2D eigenvalue weighted by Crippen LogP contribution is 2.46. The van der Waals surface area contributed by atoms with Gasteiger partial charge in [0.05, 0.1) is 13.2 Å². The minimum Gasteiger partial charge on any atom is -0.475 e. The fourth-order valence-electron chi connectivity index (χ4n) is 2.97. The van der Waals surface area contributed by atoms with Gasteiger partial charge < -0.3 is 15.8 Å². The molecule has 2 atom stereocenters. The molecule has 10 heteroatoms. The number of ether oxygens (including phenoxy) is 1. The van der Waals surface area contributed by atoms with Crippen molar-refractivity contribution in [1.29, 1.82) is 0 Å². The van der Waals surface area contributed by atoms with E-state index in [1.165, 1.54) is 11.3 Å². The SMILES string of the molecule is Cc1cccc([C@H]2C[C@@H]2COc2nc(N)nc(NCc3nnc(C)s3)c2F)n1. The fraction of sp³-hybridized carbons (Fsp3) is 0.389. The summed E-state index contributed by atoms with van der Waals surface area (Å²) in [4.78, 5) is 12.4. The first-order chi connectivity index (χ1) is 13.5. The van der Waals surface area contributed by atoms with Crippen LogP contribution in [-0.4, -0.2) is 31.8 Å². The lowest BCUT2D eigenvalue weighted by atomic mass is 10.2. The molecule has 3 heterocycles. The van der Waals surface area contributed by atoms with Gasteiger partial charge in [0.1, 0.15) is 10.0 Å². The van der Waals surface area contributed by atoms with E-state index in [0.29, 0.717) is 19.1 Å². The molecule has 146 valence electrons. The van der Waals surface area contributed by atoms with Crippen molar-refractivity contribution in [3.63, 3.8) is 0 Å². The second kappa shape index (κ2) is 7.63. The molecule has 4 rings (SSSR count). The van der Waals surface area contributed by atoms with Gasteiger partial charge in [-0.3, -0.25) is 4.98 Å². The first kappa shape index (κ1) is 18.5. The van der Waals surface area contributed by atoms with Crippen molar-refractivity contribution < 1.29 is 9.13 Å². The number of hydrogen-bond acceptors (Lipinski definition) is 9. The van der Waals surface area contributed by atoms with E-state index in [1.54, 1.807) is 0 Å². The molecule has 0 saturated heterocycles. The molecule has 0 bridgehead atoms. The predicted octanol–water partition coefficient (Wildman–Crippen LogP) is 2.86. The Morgan fingerprint density at radius 3 is 2.86 bits per heavy atom. The molecule has 3 aromatic heterocycles. The lowest BCUT2D eigenvalue weighted by Crippen LogP contribution is -2.11. The van der Waals surface area contributed by atoms with E-state index >= 15 is 0 Å². The van der Waals surface area contributed by atoms with Gasteiger partial charge in [-0.05, 0) is 32.4 Å². The Kier molecular flexibility index (Phi) is 5.03. The number of anilines is 2. The van der Waals surface area contributed by atoms with Gasteiger partial charge in [0, 0.05) is 23.2 Å². The second-order valence-electron chi connectivity index (χ2n) is 6.74. The first-order valence-electron chi connectivity index (χ1n) is 8.92. The van der Waals surface area contributed by atoms with Gasteiger partial charge in [0.2, 0.25) is 11.8 Å². The van der Waals surface area contributed by atoms with Crippen LogP contribution in [0.25, 0.3) is 0 Å². The molecule has 3 N–H and O–H groups in total. The third kappa shape index (κ3) is 4.16. The number of pyridine rings is 1. The first-order valence-corrected chi connectivity index (χ1v) is 9.73. The third-order valence-corrected chi connectivity index (χ3v) is 5.30. The maximum Gasteiger partial charge on any atom is 0.257 e. The monoisotopic (exact) mass is 401 g/mol. The number of halogens is 1. The van der Waals surface area contributed by atoms with Gasteiger partial charge in [0.15, 0.2) is 5.82 Å². The van der Waals surface area contributed by atoms with Gasteiger partial charge in [-0.2, -0.15) is 14.4 Å². The number of nitrogens with zero attached hydrogens (tertiary/aromatic N) is 5. The molecule has 1 aliphatic rings. The molecule has 0 radical (unpaired) electrons. The summed E-state index contributed by atoms with van der Waals surface area (Å²) in [5.41, 5.74) is 7.75. The molecule has 0 aliphatic heterocycles. The quantitative estimate of drug-likeness (QED) is 0.622. The van der Waals surface area contributed by atoms with Crippen LogP contribution in [0.3, 0.4) is 0 Å². The normalized spacial score (nSPS) is 18.1. The summed E-state index contributed by atoms with van der Waals surface area (Å²) in [6, 6.07) is 5.97. The number of hydrogen-bond donors (Lipinski definition) is 2. The van der Waals surface area contributed by atoms with E-state index in [1.807, 2.05) is 32.0 Å². The topological polar surface area (TPSA) is 112 Å². The number of nitrogens with one attached hydrogen (secondary N) is 1. The van der Waals surface area contributed by atoms with Crippen LogP contribution in [0.5, 0.6) is 5.88 Å². The van der Waals surface area contributed by atoms with Gasteiger partial charge in [0.25, 0.3) is 5.88 Å². The number of rotatable bonds is 7. The number of aromatic nitrogens is 5. The second-order valence-corrected chi connectivity index (χ2v) is 8.00. The van der Waals surface area contributed by atoms with E-state index in [9.17, 15) is 4.39 Å². The van der Waals surface area contributed by atoms with Crippen LogP contribution < -0.4 is 15.8 Å². The Labute approximate surface area is 165 Å². The zero-order chi connectivity index (χ0) is 19.7. The Morgan fingerprint density at radius 1 is 1.25 bits per heavy atom. The zero-order valence-corrected chi connectivity index (χ0v) is 16.3. The molecular weight excluding hydrogens is 381 g/mol. The molecule has 1 fully saturated rings. The predicted molar refractivity (Wildman–Crippen MR) is 104 cm³/mol. The molecule has 1 aliphatic carbocycles. The van der Waals surface area contributed by atoms with Crippen LogP contribution in [0.15, 0.2) is 18.2 Å². The number of nitrogen functional groups attached to an aromatic ring is 1. The standard InChI is InChI=1S/C18H20FN7OS/c1-9-4-3-5-13(22-9)12-6-11(12)8-27-17-15(19)16(23-18(20)24-17)21-7-14-26-25-10(2)28-14/h3-5,11-12H,6-8H2,1-2H3,(H3,20,21,23,24)/t11-,12+/m1/s1. The highest BCUT2D eigenvalue weighted by molar-refractivity contribution is 7.11. The van der Waals surface area contributed by atoms with Crippen molar-refractivity contribution in [3.05, 3.63) is 45.4 Å². The molecule has 0 unspecified atom stereocenters. The van der Waals surface area contributed by atoms with Gasteiger partial charge in [-0.1, -0.05) is 17.4 Å². The summed E-state index contributed by atoms with van der Waals surface area (Å²) >= 11 is 1.42. The molecule has 0 spiro atoms. The van der Waals surface area contributed by atoms with Crippen LogP contribution in [0.1, 0.15) is 33.7 Å². The van der Waals surface area contributed by atoms with Crippen molar-refractivity contribution in [3.8, 4) is 5.88 Å². The Balaban J connectivity index is 1.39. The van der Waals surface area contributed by atoms with E-state index < -0.39 is 5.82 Å². The van der Waals surface area contributed by atoms with E-state index in [4.69, 9.17) is 10.5 Å². The Bertz CT molecular complexity index is 996. The van der Waals surface area contributed by atoms with E-state index in [2.05, 4.69) is 30.5 Å². The third-order valence-electron chi connectivity index (χ3n) is 4.46. The summed E-state index contributed by atoms with van der Waals surface area (Å²) in [6.45, 7) is 4.46. The zero-order valence-electron chi connectivity index (χ0n) is 15.5. The molecule has 3 aromatic rings. The lowest BCUT2D eigenvalue weighted by Gasteiger charge is -2.10. The van der Waals surface area contributed by atoms with Gasteiger partial charge in [-0.15, -0.1) is 10.2 Å². The molecule has 1 saturated carbocycles. The van der Waals surface area contributed by atoms with Crippen LogP contribution in [-0.2, 0) is 6.54 Å². The maximum absolute atomic E-state index is 14.7. The van der Waals surface area contributed by atoms with Crippen molar-refractivity contribution in [2.45, 2.75) is 32.7 Å². The molecule has 28 heavy (non-hydrogen) atoms. The van der Waals surface area contributed by atoms with Crippen LogP contribution >= 0.6 is 11.3 Å². The number of aryl methyl sites for hydroxylation is 2. The van der Waals surface area contributed by atoms with Crippen molar-refractivity contribution in [2.24, 2.45) is 5.92 Å². The lowest BCUT2D eigenvalue weighted by molar-refractivity contribution is 0.271. The minimum absolute atomic E-state index is 0.0111. The summed E-state index contributed by atoms with van der Waals surface area (Å²) in [5, 5.41) is 12.4. The van der Waals surface area contributed by atoms with E-state index in [0.717, 1.165) is 27.8 Å². The van der Waals surface area contributed by atoms with Crippen LogP contribution in [0, 0.1) is 25.6 Å². The average molecular weight is 401 g/mol. The van der Waals surface area contributed by atoms with E-state index in [-0.39, 0.29) is 23.6 Å². The van der Waals surface area contributed by atoms with Gasteiger partial charge >= 0.3 is 0 Å². The largest absolute Gasteiger partial charge is 0.475 e. The Morgan fingerprint density at radius 2 is 2.11 bits per heavy atom. The van der Waals surface area contributed by atoms with Crippen LogP contribution in [0.4, 0.5) is 16.2 Å². The van der Waals surface area contributed by atoms with Gasteiger partial charge in [-0.25, -0.2) is 0 Å². The van der Waals surface area contributed by atoms with Crippen molar-refractivity contribution in [1.82, 2.24) is 25.1 Å². The molecule has 0 aromatic carbocycles. The average Bonchev–Trinajstić information content (AvgIpc) is 3.33. The summed E-state index contributed by atoms with van der Waals surface area (Å²) < 4.78 is 20.3. The minimum atomic E-state index is -0.665.